The van der Waals surface area contributed by atoms with Crippen molar-refractivity contribution in [2.45, 2.75) is 0 Å². The molecule has 0 aliphatic heterocycles. The minimum absolute atomic E-state index is 0. The predicted molar refractivity (Wildman–Crippen MR) is 122 cm³/mol. The van der Waals surface area contributed by atoms with Gasteiger partial charge in [0.1, 0.15) is 41.7 Å². The lowest BCUT2D eigenvalue weighted by Crippen LogP contribution is -3.00. The SMILES string of the molecule is [Br-].c1ccc(OCC[P+](c2ccccc2)(c2ccccc2)c2ccccc2)cc1. The van der Waals surface area contributed by atoms with E-state index in [1.165, 1.54) is 15.9 Å². The number of ether oxygens (including phenoxy) is 1. The monoisotopic (exact) mass is 462 g/mol. The van der Waals surface area contributed by atoms with Crippen molar-refractivity contribution in [3.8, 4) is 5.75 Å². The fraction of sp³-hybridized carbons (Fsp3) is 0.0769. The summed E-state index contributed by atoms with van der Waals surface area (Å²) in [5.41, 5.74) is 0. The average molecular weight is 463 g/mol. The second-order valence-electron chi connectivity index (χ2n) is 6.70. The van der Waals surface area contributed by atoms with E-state index in [-0.39, 0.29) is 17.0 Å². The lowest BCUT2D eigenvalue weighted by Gasteiger charge is -2.27. The van der Waals surface area contributed by atoms with Crippen molar-refractivity contribution >= 4 is 23.2 Å². The molecule has 0 heterocycles. The highest BCUT2D eigenvalue weighted by atomic mass is 79.9. The third-order valence-corrected chi connectivity index (χ3v) is 9.42. The van der Waals surface area contributed by atoms with E-state index in [4.69, 9.17) is 4.74 Å². The van der Waals surface area contributed by atoms with E-state index in [1.807, 2.05) is 30.3 Å². The largest absolute Gasteiger partial charge is 1.00 e. The van der Waals surface area contributed by atoms with Gasteiger partial charge in [0.15, 0.2) is 0 Å². The maximum atomic E-state index is 6.15. The zero-order valence-electron chi connectivity index (χ0n) is 16.2. The maximum absolute atomic E-state index is 6.15. The van der Waals surface area contributed by atoms with Crippen LogP contribution in [0.1, 0.15) is 0 Å². The molecule has 0 bridgehead atoms. The summed E-state index contributed by atoms with van der Waals surface area (Å²) >= 11 is 0. The Hall–Kier alpha value is -2.41. The van der Waals surface area contributed by atoms with Gasteiger partial charge in [0, 0.05) is 0 Å². The molecule has 4 aromatic carbocycles. The molecular formula is C26H24BrOP. The van der Waals surface area contributed by atoms with Crippen molar-refractivity contribution in [1.82, 2.24) is 0 Å². The molecule has 3 heteroatoms. The van der Waals surface area contributed by atoms with Gasteiger partial charge in [0.25, 0.3) is 0 Å². The van der Waals surface area contributed by atoms with Crippen LogP contribution < -0.4 is 37.6 Å². The molecule has 0 amide bonds. The van der Waals surface area contributed by atoms with Crippen molar-refractivity contribution in [1.29, 1.82) is 0 Å². The zero-order chi connectivity index (χ0) is 19.1. The third kappa shape index (κ3) is 4.78. The first kappa shape index (κ1) is 21.3. The number of hydrogen-bond acceptors (Lipinski definition) is 1. The summed E-state index contributed by atoms with van der Waals surface area (Å²) < 4.78 is 6.15. The van der Waals surface area contributed by atoms with Gasteiger partial charge in [-0.2, -0.15) is 0 Å². The first-order valence-electron chi connectivity index (χ1n) is 9.62. The summed E-state index contributed by atoms with van der Waals surface area (Å²) in [5, 5.41) is 4.18. The zero-order valence-corrected chi connectivity index (χ0v) is 18.7. The van der Waals surface area contributed by atoms with Gasteiger partial charge >= 0.3 is 0 Å². The first-order valence-corrected chi connectivity index (χ1v) is 11.6. The third-order valence-electron chi connectivity index (χ3n) is 5.03. The Balaban J connectivity index is 0.00000240. The Morgan fingerprint density at radius 1 is 0.483 bits per heavy atom. The van der Waals surface area contributed by atoms with E-state index in [0.717, 1.165) is 11.9 Å². The van der Waals surface area contributed by atoms with Crippen LogP contribution in [0.25, 0.3) is 0 Å². The van der Waals surface area contributed by atoms with Crippen LogP contribution in [-0.2, 0) is 0 Å². The topological polar surface area (TPSA) is 9.23 Å². The molecular weight excluding hydrogens is 439 g/mol. The normalized spacial score (nSPS) is 10.8. The fourth-order valence-corrected chi connectivity index (χ4v) is 7.78. The molecule has 4 rings (SSSR count). The van der Waals surface area contributed by atoms with E-state index in [9.17, 15) is 0 Å². The van der Waals surface area contributed by atoms with Crippen molar-refractivity contribution in [2.24, 2.45) is 0 Å². The summed E-state index contributed by atoms with van der Waals surface area (Å²) in [4.78, 5) is 0. The molecule has 146 valence electrons. The van der Waals surface area contributed by atoms with Gasteiger partial charge in [-0.25, -0.2) is 0 Å². The van der Waals surface area contributed by atoms with Crippen LogP contribution in [0.3, 0.4) is 0 Å². The molecule has 0 N–H and O–H groups in total. The Kier molecular flexibility index (Phi) is 7.63. The van der Waals surface area contributed by atoms with Crippen LogP contribution in [0.5, 0.6) is 5.75 Å². The van der Waals surface area contributed by atoms with Gasteiger partial charge in [-0.15, -0.1) is 0 Å². The molecule has 0 spiro atoms. The maximum Gasteiger partial charge on any atom is 0.123 e. The Morgan fingerprint density at radius 3 is 1.21 bits per heavy atom. The lowest BCUT2D eigenvalue weighted by molar-refractivity contribution is -0.00000590. The second-order valence-corrected chi connectivity index (χ2v) is 10.3. The first-order chi connectivity index (χ1) is 13.9. The van der Waals surface area contributed by atoms with Gasteiger partial charge in [-0.3, -0.25) is 0 Å². The van der Waals surface area contributed by atoms with Crippen molar-refractivity contribution in [2.75, 3.05) is 12.8 Å². The average Bonchev–Trinajstić information content (AvgIpc) is 2.79. The Morgan fingerprint density at radius 2 is 0.828 bits per heavy atom. The van der Waals surface area contributed by atoms with Crippen LogP contribution >= 0.6 is 7.26 Å². The van der Waals surface area contributed by atoms with E-state index in [1.54, 1.807) is 0 Å². The van der Waals surface area contributed by atoms with E-state index >= 15 is 0 Å². The van der Waals surface area contributed by atoms with Crippen molar-refractivity contribution in [3.05, 3.63) is 121 Å². The molecule has 0 aromatic heterocycles. The number of halogens is 1. The quantitative estimate of drug-likeness (QED) is 0.382. The summed E-state index contributed by atoms with van der Waals surface area (Å²) in [6.07, 6.45) is 0.958. The smallest absolute Gasteiger partial charge is 0.123 e. The molecule has 0 aliphatic carbocycles. The van der Waals surface area contributed by atoms with Gasteiger partial charge in [0.2, 0.25) is 0 Å². The minimum atomic E-state index is -1.82. The molecule has 0 atom stereocenters. The van der Waals surface area contributed by atoms with E-state index in [0.29, 0.717) is 6.61 Å². The molecule has 0 saturated heterocycles. The van der Waals surface area contributed by atoms with Gasteiger partial charge in [-0.05, 0) is 48.5 Å². The van der Waals surface area contributed by atoms with Crippen LogP contribution in [0.2, 0.25) is 0 Å². The molecule has 0 fully saturated rings. The fourth-order valence-electron chi connectivity index (χ4n) is 3.70. The second kappa shape index (κ2) is 10.4. The lowest BCUT2D eigenvalue weighted by atomic mass is 10.3. The van der Waals surface area contributed by atoms with Crippen LogP contribution in [0.4, 0.5) is 0 Å². The standard InChI is InChI=1S/C26H24OP.BrH/c1-5-13-23(14-6-1)27-21-22-28(24-15-7-2-8-16-24,25-17-9-3-10-18-25)26-19-11-4-12-20-26;/h1-20H,21-22H2;1H/q+1;/p-1. The summed E-state index contributed by atoms with van der Waals surface area (Å²) in [6, 6.07) is 42.9. The van der Waals surface area contributed by atoms with Crippen molar-refractivity contribution < 1.29 is 21.7 Å². The molecule has 0 unspecified atom stereocenters. The molecule has 0 radical (unpaired) electrons. The van der Waals surface area contributed by atoms with Crippen LogP contribution in [0.15, 0.2) is 121 Å². The van der Waals surface area contributed by atoms with E-state index < -0.39 is 7.26 Å². The van der Waals surface area contributed by atoms with Gasteiger partial charge < -0.3 is 21.7 Å². The number of hydrogen-bond donors (Lipinski definition) is 0. The highest BCUT2D eigenvalue weighted by molar-refractivity contribution is 7.95. The molecule has 0 saturated carbocycles. The Bertz CT molecular complexity index is 879. The van der Waals surface area contributed by atoms with Crippen LogP contribution in [-0.4, -0.2) is 12.8 Å². The number of benzene rings is 4. The van der Waals surface area contributed by atoms with Crippen LogP contribution in [0, 0.1) is 0 Å². The molecule has 0 aliphatic rings. The molecule has 1 nitrogen and oxygen atoms in total. The summed E-state index contributed by atoms with van der Waals surface area (Å²) in [7, 11) is -1.82. The number of para-hydroxylation sites is 1. The van der Waals surface area contributed by atoms with Gasteiger partial charge in [-0.1, -0.05) is 72.8 Å². The minimum Gasteiger partial charge on any atom is -1.00 e. The van der Waals surface area contributed by atoms with Crippen molar-refractivity contribution in [3.63, 3.8) is 0 Å². The molecule has 29 heavy (non-hydrogen) atoms. The van der Waals surface area contributed by atoms with E-state index in [2.05, 4.69) is 91.0 Å². The number of rotatable bonds is 7. The predicted octanol–water partition coefficient (Wildman–Crippen LogP) is 2.06. The van der Waals surface area contributed by atoms with Gasteiger partial charge in [0.05, 0.1) is 0 Å². The highest BCUT2D eigenvalue weighted by Crippen LogP contribution is 2.54. The highest BCUT2D eigenvalue weighted by Gasteiger charge is 2.45. The summed E-state index contributed by atoms with van der Waals surface area (Å²) in [5.74, 6) is 0.926. The summed E-state index contributed by atoms with van der Waals surface area (Å²) in [6.45, 7) is 0.677. The Labute approximate surface area is 184 Å². The molecule has 4 aromatic rings.